The van der Waals surface area contributed by atoms with Gasteiger partial charge in [0.1, 0.15) is 0 Å². The molecule has 0 N–H and O–H groups in total. The first kappa shape index (κ1) is 31.6. The highest BCUT2D eigenvalue weighted by Crippen LogP contribution is 2.42. The van der Waals surface area contributed by atoms with Crippen molar-refractivity contribution < 1.29 is 0 Å². The van der Waals surface area contributed by atoms with Crippen molar-refractivity contribution in [3.63, 3.8) is 0 Å². The fraction of sp³-hybridized carbons (Fsp3) is 0. The molecule has 9 aromatic carbocycles. The van der Waals surface area contributed by atoms with Gasteiger partial charge in [0.25, 0.3) is 0 Å². The van der Waals surface area contributed by atoms with E-state index in [0.717, 1.165) is 22.7 Å². The highest BCUT2D eigenvalue weighted by atomic mass is 15.1. The number of para-hydroxylation sites is 2. The van der Waals surface area contributed by atoms with Crippen molar-refractivity contribution in [3.05, 3.63) is 218 Å². The highest BCUT2D eigenvalue weighted by molar-refractivity contribution is 6.13. The average Bonchev–Trinajstić information content (AvgIpc) is 3.57. The molecule has 0 saturated carbocycles. The number of hydrogen-bond donors (Lipinski definition) is 0. The molecule has 0 saturated heterocycles. The molecule has 0 bridgehead atoms. The summed E-state index contributed by atoms with van der Waals surface area (Å²) in [6, 6.07) is 78.8. The fourth-order valence-corrected chi connectivity index (χ4v) is 7.95. The minimum absolute atomic E-state index is 1.10. The summed E-state index contributed by atoms with van der Waals surface area (Å²) < 4.78 is 2.41. The van der Waals surface area contributed by atoms with E-state index in [1.165, 1.54) is 66.0 Å². The van der Waals surface area contributed by atoms with Crippen LogP contribution >= 0.6 is 0 Å². The van der Waals surface area contributed by atoms with Crippen molar-refractivity contribution >= 4 is 49.6 Å². The molecule has 1 heterocycles. The summed E-state index contributed by atoms with van der Waals surface area (Å²) in [5, 5.41) is 5.04. The van der Waals surface area contributed by atoms with Crippen LogP contribution in [0.15, 0.2) is 218 Å². The Morgan fingerprint density at radius 3 is 1.57 bits per heavy atom. The van der Waals surface area contributed by atoms with Crippen LogP contribution in [-0.4, -0.2) is 4.57 Å². The highest BCUT2D eigenvalue weighted by Gasteiger charge is 2.18. The lowest BCUT2D eigenvalue weighted by atomic mass is 10.00. The second-order valence-corrected chi connectivity index (χ2v) is 13.8. The first-order chi connectivity index (χ1) is 26.8. The Morgan fingerprint density at radius 1 is 0.315 bits per heavy atom. The van der Waals surface area contributed by atoms with Gasteiger partial charge in [0.15, 0.2) is 0 Å². The number of anilines is 3. The summed E-state index contributed by atoms with van der Waals surface area (Å²) >= 11 is 0. The van der Waals surface area contributed by atoms with Gasteiger partial charge in [0, 0.05) is 33.4 Å². The third-order valence-electron chi connectivity index (χ3n) is 10.6. The van der Waals surface area contributed by atoms with Crippen molar-refractivity contribution in [1.29, 1.82) is 0 Å². The molecule has 0 amide bonds. The van der Waals surface area contributed by atoms with E-state index >= 15 is 0 Å². The van der Waals surface area contributed by atoms with Gasteiger partial charge in [-0.1, -0.05) is 158 Å². The number of hydrogen-bond acceptors (Lipinski definition) is 1. The molecular formula is C52H36N2. The Bertz CT molecular complexity index is 2910. The average molecular weight is 689 g/mol. The molecule has 0 fully saturated rings. The number of nitrogens with zero attached hydrogens (tertiary/aromatic N) is 2. The van der Waals surface area contributed by atoms with Crippen molar-refractivity contribution in [2.75, 3.05) is 4.90 Å². The molecule has 2 nitrogen and oxygen atoms in total. The molecule has 0 aliphatic heterocycles. The molecule has 1 aromatic heterocycles. The standard InChI is InChI=1S/C52H36N2/c1-3-14-37(15-4-1)38-26-30-44(31-27-38)53(50-24-11-9-22-47(50)40-16-5-2-6-17-40)45-32-28-39(29-33-45)41-20-13-21-46(34-41)54-51-25-12-10-23-48(51)49-35-42-18-7-8-19-43(42)36-52(49)54/h1-36H. The first-order valence-electron chi connectivity index (χ1n) is 18.5. The Morgan fingerprint density at radius 2 is 0.852 bits per heavy atom. The topological polar surface area (TPSA) is 8.17 Å². The summed E-state index contributed by atoms with van der Waals surface area (Å²) in [5.74, 6) is 0. The summed E-state index contributed by atoms with van der Waals surface area (Å²) in [5.41, 5.74) is 14.0. The maximum atomic E-state index is 2.41. The van der Waals surface area contributed by atoms with Crippen LogP contribution in [0.25, 0.3) is 71.6 Å². The number of benzene rings is 9. The van der Waals surface area contributed by atoms with E-state index in [0.29, 0.717) is 0 Å². The van der Waals surface area contributed by atoms with Gasteiger partial charge in [-0.25, -0.2) is 0 Å². The first-order valence-corrected chi connectivity index (χ1v) is 18.5. The Kier molecular flexibility index (Phi) is 7.85. The number of aromatic nitrogens is 1. The molecule has 0 radical (unpaired) electrons. The molecule has 0 aliphatic carbocycles. The van der Waals surface area contributed by atoms with Crippen LogP contribution in [0.4, 0.5) is 17.1 Å². The molecule has 254 valence electrons. The SMILES string of the molecule is c1ccc(-c2ccc(N(c3ccc(-c4cccc(-n5c6ccccc6c6cc7ccccc7cc65)c4)cc3)c3ccccc3-c3ccccc3)cc2)cc1. The summed E-state index contributed by atoms with van der Waals surface area (Å²) in [6.07, 6.45) is 0. The van der Waals surface area contributed by atoms with Crippen LogP contribution < -0.4 is 4.90 Å². The van der Waals surface area contributed by atoms with Crippen LogP contribution in [0.2, 0.25) is 0 Å². The molecule has 10 aromatic rings. The van der Waals surface area contributed by atoms with Crippen molar-refractivity contribution in [2.45, 2.75) is 0 Å². The normalized spacial score (nSPS) is 11.3. The van der Waals surface area contributed by atoms with Gasteiger partial charge in [0.2, 0.25) is 0 Å². The monoisotopic (exact) mass is 688 g/mol. The zero-order valence-corrected chi connectivity index (χ0v) is 29.7. The van der Waals surface area contributed by atoms with E-state index in [2.05, 4.69) is 228 Å². The van der Waals surface area contributed by atoms with Gasteiger partial charge in [0.05, 0.1) is 16.7 Å². The lowest BCUT2D eigenvalue weighted by Crippen LogP contribution is -2.11. The zero-order chi connectivity index (χ0) is 35.8. The minimum atomic E-state index is 1.10. The van der Waals surface area contributed by atoms with E-state index in [1.54, 1.807) is 0 Å². The van der Waals surface area contributed by atoms with Crippen LogP contribution in [-0.2, 0) is 0 Å². The van der Waals surface area contributed by atoms with Gasteiger partial charge in [-0.2, -0.15) is 0 Å². The molecule has 0 spiro atoms. The van der Waals surface area contributed by atoms with Crippen molar-refractivity contribution in [2.24, 2.45) is 0 Å². The smallest absolute Gasteiger partial charge is 0.0547 e. The third-order valence-corrected chi connectivity index (χ3v) is 10.6. The van der Waals surface area contributed by atoms with Crippen molar-refractivity contribution in [1.82, 2.24) is 4.57 Å². The molecular weight excluding hydrogens is 653 g/mol. The molecule has 0 aliphatic rings. The fourth-order valence-electron chi connectivity index (χ4n) is 7.95. The molecule has 0 atom stereocenters. The predicted molar refractivity (Wildman–Crippen MR) is 229 cm³/mol. The van der Waals surface area contributed by atoms with E-state index < -0.39 is 0 Å². The van der Waals surface area contributed by atoms with Crippen LogP contribution in [0, 0.1) is 0 Å². The Labute approximate surface area is 315 Å². The van der Waals surface area contributed by atoms with E-state index in [4.69, 9.17) is 0 Å². The lowest BCUT2D eigenvalue weighted by molar-refractivity contribution is 1.18. The number of rotatable bonds is 7. The lowest BCUT2D eigenvalue weighted by Gasteiger charge is -2.28. The largest absolute Gasteiger partial charge is 0.310 e. The quantitative estimate of drug-likeness (QED) is 0.162. The Balaban J connectivity index is 1.07. The third kappa shape index (κ3) is 5.62. The molecule has 54 heavy (non-hydrogen) atoms. The maximum Gasteiger partial charge on any atom is 0.0547 e. The predicted octanol–water partition coefficient (Wildman–Crippen LogP) is 14.4. The molecule has 0 unspecified atom stereocenters. The maximum absolute atomic E-state index is 2.41. The summed E-state index contributed by atoms with van der Waals surface area (Å²) in [6.45, 7) is 0. The zero-order valence-electron chi connectivity index (χ0n) is 29.7. The van der Waals surface area contributed by atoms with Gasteiger partial charge in [-0.05, 0) is 99.3 Å². The van der Waals surface area contributed by atoms with E-state index in [1.807, 2.05) is 0 Å². The Hall–Kier alpha value is -7.16. The number of fused-ring (bicyclic) bond motifs is 4. The van der Waals surface area contributed by atoms with Crippen molar-refractivity contribution in [3.8, 4) is 39.1 Å². The second kappa shape index (κ2) is 13.4. The second-order valence-electron chi connectivity index (χ2n) is 13.8. The van der Waals surface area contributed by atoms with Gasteiger partial charge < -0.3 is 9.47 Å². The van der Waals surface area contributed by atoms with Crippen LogP contribution in [0.5, 0.6) is 0 Å². The van der Waals surface area contributed by atoms with Gasteiger partial charge in [-0.3, -0.25) is 0 Å². The van der Waals surface area contributed by atoms with Crippen LogP contribution in [0.3, 0.4) is 0 Å². The van der Waals surface area contributed by atoms with Crippen LogP contribution in [0.1, 0.15) is 0 Å². The molecule has 10 rings (SSSR count). The van der Waals surface area contributed by atoms with E-state index in [-0.39, 0.29) is 0 Å². The van der Waals surface area contributed by atoms with E-state index in [9.17, 15) is 0 Å². The van der Waals surface area contributed by atoms with Gasteiger partial charge >= 0.3 is 0 Å². The summed E-state index contributed by atoms with van der Waals surface area (Å²) in [4.78, 5) is 2.37. The van der Waals surface area contributed by atoms with Gasteiger partial charge in [-0.15, -0.1) is 0 Å². The minimum Gasteiger partial charge on any atom is -0.310 e. The summed E-state index contributed by atoms with van der Waals surface area (Å²) in [7, 11) is 0. The molecule has 2 heteroatoms.